The van der Waals surface area contributed by atoms with Crippen molar-refractivity contribution in [2.24, 2.45) is 0 Å². The number of benzene rings is 2. The van der Waals surface area contributed by atoms with Crippen LogP contribution in [0.4, 0.5) is 18.0 Å². The summed E-state index contributed by atoms with van der Waals surface area (Å²) in [6, 6.07) is 12.1. The van der Waals surface area contributed by atoms with E-state index in [2.05, 4.69) is 10.1 Å². The summed E-state index contributed by atoms with van der Waals surface area (Å²) in [4.78, 5) is 40.5. The predicted molar refractivity (Wildman–Crippen MR) is 106 cm³/mol. The third-order valence-corrected chi connectivity index (χ3v) is 5.75. The Kier molecular flexibility index (Phi) is 5.31. The summed E-state index contributed by atoms with van der Waals surface area (Å²) in [5.41, 5.74) is 0.645. The molecule has 2 aromatic carbocycles. The zero-order valence-electron chi connectivity index (χ0n) is 17.1. The SMILES string of the molecule is CN(Cc1ccccc1OC(F)(F)F)C(=O)CN1C(=O)NC2(CCc3ccccc32)C1=O. The number of nitrogens with one attached hydrogen (secondary N) is 1. The summed E-state index contributed by atoms with van der Waals surface area (Å²) in [6.45, 7) is -0.712. The smallest absolute Gasteiger partial charge is 0.405 e. The number of urea groups is 1. The highest BCUT2D eigenvalue weighted by Crippen LogP contribution is 2.41. The van der Waals surface area contributed by atoms with E-state index in [0.29, 0.717) is 12.8 Å². The van der Waals surface area contributed by atoms with Crippen molar-refractivity contribution in [3.8, 4) is 5.75 Å². The molecule has 4 amide bonds. The van der Waals surface area contributed by atoms with E-state index in [9.17, 15) is 27.6 Å². The van der Waals surface area contributed by atoms with Crippen molar-refractivity contribution in [2.45, 2.75) is 31.3 Å². The highest BCUT2D eigenvalue weighted by molar-refractivity contribution is 6.09. The first-order chi connectivity index (χ1) is 15.1. The number of carbonyl (C=O) groups excluding carboxylic acids is 3. The molecule has 168 valence electrons. The molecule has 1 unspecified atom stereocenters. The number of hydrogen-bond donors (Lipinski definition) is 1. The van der Waals surface area contributed by atoms with Gasteiger partial charge in [0.2, 0.25) is 5.91 Å². The number of amides is 4. The van der Waals surface area contributed by atoms with E-state index in [0.717, 1.165) is 27.0 Å². The van der Waals surface area contributed by atoms with E-state index in [1.165, 1.54) is 25.2 Å². The van der Waals surface area contributed by atoms with Crippen molar-refractivity contribution >= 4 is 17.8 Å². The van der Waals surface area contributed by atoms with Crippen LogP contribution in [0.15, 0.2) is 48.5 Å². The fourth-order valence-corrected chi connectivity index (χ4v) is 4.19. The van der Waals surface area contributed by atoms with E-state index < -0.39 is 42.0 Å². The molecule has 0 aromatic heterocycles. The summed E-state index contributed by atoms with van der Waals surface area (Å²) >= 11 is 0. The Hall–Kier alpha value is -3.56. The van der Waals surface area contributed by atoms with Gasteiger partial charge >= 0.3 is 12.4 Å². The van der Waals surface area contributed by atoms with Crippen LogP contribution in [-0.4, -0.2) is 47.6 Å². The van der Waals surface area contributed by atoms with Gasteiger partial charge in [0.1, 0.15) is 17.8 Å². The third kappa shape index (κ3) is 3.88. The topological polar surface area (TPSA) is 79.0 Å². The summed E-state index contributed by atoms with van der Waals surface area (Å²) in [6.07, 6.45) is -3.84. The third-order valence-electron chi connectivity index (χ3n) is 5.75. The van der Waals surface area contributed by atoms with Crippen molar-refractivity contribution in [1.82, 2.24) is 15.1 Å². The zero-order valence-corrected chi connectivity index (χ0v) is 17.1. The van der Waals surface area contributed by atoms with Gasteiger partial charge in [-0.05, 0) is 30.0 Å². The second kappa shape index (κ2) is 7.85. The van der Waals surface area contributed by atoms with Crippen LogP contribution in [0.3, 0.4) is 0 Å². The molecule has 7 nitrogen and oxygen atoms in total. The molecule has 1 aliphatic heterocycles. The van der Waals surface area contributed by atoms with Gasteiger partial charge in [-0.1, -0.05) is 42.5 Å². The number of rotatable bonds is 5. The maximum atomic E-state index is 13.2. The molecule has 2 aliphatic rings. The number of likely N-dealkylation sites (N-methyl/N-ethyl adjacent to an activating group) is 1. The molecule has 1 atom stereocenters. The van der Waals surface area contributed by atoms with Gasteiger partial charge in [0, 0.05) is 19.2 Å². The van der Waals surface area contributed by atoms with Gasteiger partial charge in [0.15, 0.2) is 0 Å². The van der Waals surface area contributed by atoms with Crippen LogP contribution in [0, 0.1) is 0 Å². The van der Waals surface area contributed by atoms with Crippen molar-refractivity contribution < 1.29 is 32.3 Å². The molecule has 10 heteroatoms. The summed E-state index contributed by atoms with van der Waals surface area (Å²) in [7, 11) is 1.38. The number of ether oxygens (including phenoxy) is 1. The minimum absolute atomic E-state index is 0.138. The molecule has 0 bridgehead atoms. The average Bonchev–Trinajstić information content (AvgIpc) is 3.21. The van der Waals surface area contributed by atoms with E-state index in [1.54, 1.807) is 12.1 Å². The van der Waals surface area contributed by atoms with E-state index >= 15 is 0 Å². The van der Waals surface area contributed by atoms with Gasteiger partial charge < -0.3 is 15.0 Å². The van der Waals surface area contributed by atoms with Crippen molar-refractivity contribution in [2.75, 3.05) is 13.6 Å². The molecule has 1 heterocycles. The van der Waals surface area contributed by atoms with Gasteiger partial charge in [-0.3, -0.25) is 14.5 Å². The van der Waals surface area contributed by atoms with Gasteiger partial charge in [-0.15, -0.1) is 13.2 Å². The maximum absolute atomic E-state index is 13.2. The highest BCUT2D eigenvalue weighted by atomic mass is 19.4. The number of para-hydroxylation sites is 1. The fourth-order valence-electron chi connectivity index (χ4n) is 4.19. The highest BCUT2D eigenvalue weighted by Gasteiger charge is 2.55. The molecule has 4 rings (SSSR count). The fraction of sp³-hybridized carbons (Fsp3) is 0.318. The lowest BCUT2D eigenvalue weighted by molar-refractivity contribution is -0.275. The molecule has 0 saturated carbocycles. The molecule has 0 radical (unpaired) electrons. The van der Waals surface area contributed by atoms with Crippen LogP contribution in [0.1, 0.15) is 23.1 Å². The first-order valence-electron chi connectivity index (χ1n) is 9.91. The van der Waals surface area contributed by atoms with Gasteiger partial charge in [-0.25, -0.2) is 4.79 Å². The van der Waals surface area contributed by atoms with Crippen molar-refractivity contribution in [3.63, 3.8) is 0 Å². The molecular formula is C22H20F3N3O4. The standard InChI is InChI=1S/C22H20F3N3O4/c1-27(12-15-7-3-5-9-17(15)32-22(23,24)25)18(29)13-28-19(30)21(26-20(28)31)11-10-14-6-2-4-8-16(14)21/h2-9H,10-13H2,1H3,(H,26,31). The van der Waals surface area contributed by atoms with Crippen LogP contribution in [0.5, 0.6) is 5.75 Å². The maximum Gasteiger partial charge on any atom is 0.573 e. The number of halogens is 3. The summed E-state index contributed by atoms with van der Waals surface area (Å²) in [5, 5.41) is 2.74. The second-order valence-corrected chi connectivity index (χ2v) is 7.79. The molecule has 1 fully saturated rings. The monoisotopic (exact) mass is 447 g/mol. The lowest BCUT2D eigenvalue weighted by Gasteiger charge is -2.24. The van der Waals surface area contributed by atoms with Crippen LogP contribution in [0.25, 0.3) is 0 Å². The Morgan fingerprint density at radius 3 is 2.59 bits per heavy atom. The Morgan fingerprint density at radius 2 is 1.84 bits per heavy atom. The van der Waals surface area contributed by atoms with Gasteiger partial charge in [0.25, 0.3) is 5.91 Å². The van der Waals surface area contributed by atoms with E-state index in [-0.39, 0.29) is 12.1 Å². The average molecular weight is 447 g/mol. The lowest BCUT2D eigenvalue weighted by Crippen LogP contribution is -2.44. The molecule has 1 aliphatic carbocycles. The number of fused-ring (bicyclic) bond motifs is 2. The Bertz CT molecular complexity index is 1090. The normalized spacial score (nSPS) is 19.8. The molecule has 1 spiro atoms. The summed E-state index contributed by atoms with van der Waals surface area (Å²) in [5.74, 6) is -1.52. The Balaban J connectivity index is 1.47. The van der Waals surface area contributed by atoms with Crippen LogP contribution in [-0.2, 0) is 28.1 Å². The molecule has 1 N–H and O–H groups in total. The molecule has 32 heavy (non-hydrogen) atoms. The first kappa shape index (κ1) is 21.7. The minimum Gasteiger partial charge on any atom is -0.405 e. The number of nitrogens with zero attached hydrogens (tertiary/aromatic N) is 2. The number of aryl methyl sites for hydroxylation is 1. The first-order valence-corrected chi connectivity index (χ1v) is 9.91. The Morgan fingerprint density at radius 1 is 1.16 bits per heavy atom. The summed E-state index contributed by atoms with van der Waals surface area (Å²) < 4.78 is 41.9. The number of carbonyl (C=O) groups is 3. The van der Waals surface area contributed by atoms with Crippen LogP contribution in [0.2, 0.25) is 0 Å². The Labute approximate surface area is 181 Å². The van der Waals surface area contributed by atoms with Crippen LogP contribution >= 0.6 is 0 Å². The lowest BCUT2D eigenvalue weighted by atomic mass is 9.92. The van der Waals surface area contributed by atoms with Crippen molar-refractivity contribution in [3.05, 3.63) is 65.2 Å². The number of hydrogen-bond acceptors (Lipinski definition) is 4. The van der Waals surface area contributed by atoms with E-state index in [4.69, 9.17) is 0 Å². The molecule has 2 aromatic rings. The van der Waals surface area contributed by atoms with Crippen molar-refractivity contribution in [1.29, 1.82) is 0 Å². The largest absolute Gasteiger partial charge is 0.573 e. The van der Waals surface area contributed by atoms with E-state index in [1.807, 2.05) is 12.1 Å². The number of alkyl halides is 3. The minimum atomic E-state index is -4.87. The molecular weight excluding hydrogens is 427 g/mol. The predicted octanol–water partition coefficient (Wildman–Crippen LogP) is 2.94. The van der Waals surface area contributed by atoms with Gasteiger partial charge in [-0.2, -0.15) is 0 Å². The van der Waals surface area contributed by atoms with Gasteiger partial charge in [0.05, 0.1) is 0 Å². The van der Waals surface area contributed by atoms with Crippen LogP contribution < -0.4 is 10.1 Å². The second-order valence-electron chi connectivity index (χ2n) is 7.79. The number of imide groups is 1. The molecule has 1 saturated heterocycles. The zero-order chi connectivity index (χ0) is 23.1. The quantitative estimate of drug-likeness (QED) is 0.715.